The lowest BCUT2D eigenvalue weighted by Crippen LogP contribution is -2.02. The number of anilines is 1. The van der Waals surface area contributed by atoms with E-state index in [0.29, 0.717) is 6.54 Å². The van der Waals surface area contributed by atoms with Gasteiger partial charge in [-0.15, -0.1) is 0 Å². The van der Waals surface area contributed by atoms with Crippen molar-refractivity contribution in [2.24, 2.45) is 0 Å². The average Bonchev–Trinajstić information content (AvgIpc) is 3.40. The lowest BCUT2D eigenvalue weighted by Gasteiger charge is -2.06. The van der Waals surface area contributed by atoms with Gasteiger partial charge in [-0.3, -0.25) is 9.67 Å². The van der Waals surface area contributed by atoms with Crippen LogP contribution >= 0.6 is 0 Å². The van der Waals surface area contributed by atoms with Gasteiger partial charge in [0.1, 0.15) is 5.82 Å². The van der Waals surface area contributed by atoms with Crippen molar-refractivity contribution in [2.45, 2.75) is 13.1 Å². The molecule has 5 aromatic rings. The van der Waals surface area contributed by atoms with E-state index >= 15 is 0 Å². The number of fused-ring (bicyclic) bond motifs is 1. The normalized spacial score (nSPS) is 11.0. The average molecular weight is 381 g/mol. The quantitative estimate of drug-likeness (QED) is 0.486. The van der Waals surface area contributed by atoms with E-state index in [1.165, 1.54) is 5.56 Å². The molecule has 0 aliphatic heterocycles. The van der Waals surface area contributed by atoms with Crippen molar-refractivity contribution in [1.82, 2.24) is 29.4 Å². The van der Waals surface area contributed by atoms with Gasteiger partial charge in [0.2, 0.25) is 0 Å². The van der Waals surface area contributed by atoms with Crippen molar-refractivity contribution in [3.63, 3.8) is 0 Å². The van der Waals surface area contributed by atoms with Gasteiger partial charge in [0.25, 0.3) is 0 Å². The summed E-state index contributed by atoms with van der Waals surface area (Å²) in [6.07, 6.45) is 11.2. The summed E-state index contributed by atoms with van der Waals surface area (Å²) < 4.78 is 3.71. The van der Waals surface area contributed by atoms with Crippen LogP contribution in [0.1, 0.15) is 11.1 Å². The number of hydrogen-bond donors (Lipinski definition) is 1. The molecule has 5 rings (SSSR count). The van der Waals surface area contributed by atoms with Crippen molar-refractivity contribution < 1.29 is 0 Å². The molecule has 0 saturated carbocycles. The topological polar surface area (TPSA) is 72.9 Å². The van der Waals surface area contributed by atoms with Crippen LogP contribution in [0.2, 0.25) is 0 Å². The Morgan fingerprint density at radius 3 is 2.59 bits per heavy atom. The van der Waals surface area contributed by atoms with Crippen molar-refractivity contribution >= 4 is 11.5 Å². The fraction of sp³-hybridized carbons (Fsp3) is 0.0909. The first kappa shape index (κ1) is 17.1. The first-order chi connectivity index (χ1) is 14.3. The van der Waals surface area contributed by atoms with Gasteiger partial charge >= 0.3 is 0 Å². The minimum absolute atomic E-state index is 0.685. The first-order valence-electron chi connectivity index (χ1n) is 9.39. The van der Waals surface area contributed by atoms with Gasteiger partial charge in [-0.1, -0.05) is 30.3 Å². The zero-order valence-corrected chi connectivity index (χ0v) is 15.7. The van der Waals surface area contributed by atoms with Gasteiger partial charge in [-0.2, -0.15) is 10.2 Å². The van der Waals surface area contributed by atoms with E-state index in [0.717, 1.165) is 34.7 Å². The van der Waals surface area contributed by atoms with E-state index in [2.05, 4.69) is 32.6 Å². The van der Waals surface area contributed by atoms with Gasteiger partial charge in [0, 0.05) is 42.5 Å². The standard InChI is InChI=1S/C22H19N7/c1-2-4-18(5-3-1)15-28-16-19(13-25-28)20-14-26-29-11-8-21(27-22(20)29)24-12-17-6-9-23-10-7-17/h1-11,13-14,16H,12,15H2,(H,24,27). The SMILES string of the molecule is c1ccc(Cn2cc(-c3cnn4ccc(NCc5ccncc5)nc34)cn2)cc1. The summed E-state index contributed by atoms with van der Waals surface area (Å²) in [6, 6.07) is 16.2. The summed E-state index contributed by atoms with van der Waals surface area (Å²) in [4.78, 5) is 8.80. The predicted molar refractivity (Wildman–Crippen MR) is 111 cm³/mol. The number of benzene rings is 1. The number of nitrogens with one attached hydrogen (secondary N) is 1. The Morgan fingerprint density at radius 2 is 1.72 bits per heavy atom. The van der Waals surface area contributed by atoms with E-state index in [9.17, 15) is 0 Å². The molecule has 0 atom stereocenters. The number of rotatable bonds is 6. The minimum atomic E-state index is 0.685. The van der Waals surface area contributed by atoms with Gasteiger partial charge in [0.05, 0.1) is 18.9 Å². The van der Waals surface area contributed by atoms with Crippen molar-refractivity contribution in [3.05, 3.63) is 96.8 Å². The van der Waals surface area contributed by atoms with Crippen LogP contribution in [0, 0.1) is 0 Å². The highest BCUT2D eigenvalue weighted by atomic mass is 15.3. The van der Waals surface area contributed by atoms with Gasteiger partial charge < -0.3 is 5.32 Å². The third kappa shape index (κ3) is 3.70. The van der Waals surface area contributed by atoms with Crippen LogP contribution in [0.25, 0.3) is 16.8 Å². The van der Waals surface area contributed by atoms with E-state index in [4.69, 9.17) is 4.98 Å². The number of nitrogens with zero attached hydrogens (tertiary/aromatic N) is 6. The lowest BCUT2D eigenvalue weighted by molar-refractivity contribution is 0.687. The van der Waals surface area contributed by atoms with Crippen LogP contribution in [0.5, 0.6) is 0 Å². The summed E-state index contributed by atoms with van der Waals surface area (Å²) in [5.41, 5.74) is 5.11. The molecule has 0 radical (unpaired) electrons. The molecule has 0 spiro atoms. The molecule has 0 unspecified atom stereocenters. The van der Waals surface area contributed by atoms with Crippen LogP contribution in [-0.2, 0) is 13.1 Å². The molecule has 0 aliphatic carbocycles. The van der Waals surface area contributed by atoms with Crippen LogP contribution in [0.4, 0.5) is 5.82 Å². The Balaban J connectivity index is 1.39. The molecule has 142 valence electrons. The highest BCUT2D eigenvalue weighted by Gasteiger charge is 2.11. The van der Waals surface area contributed by atoms with E-state index in [-0.39, 0.29) is 0 Å². The van der Waals surface area contributed by atoms with Gasteiger partial charge in [-0.25, -0.2) is 9.50 Å². The second kappa shape index (κ2) is 7.55. The molecule has 7 nitrogen and oxygen atoms in total. The zero-order valence-electron chi connectivity index (χ0n) is 15.7. The number of hydrogen-bond acceptors (Lipinski definition) is 5. The summed E-state index contributed by atoms with van der Waals surface area (Å²) in [7, 11) is 0. The molecule has 29 heavy (non-hydrogen) atoms. The number of pyridine rings is 1. The predicted octanol–water partition coefficient (Wildman–Crippen LogP) is 3.65. The van der Waals surface area contributed by atoms with Crippen molar-refractivity contribution in [2.75, 3.05) is 5.32 Å². The van der Waals surface area contributed by atoms with Crippen LogP contribution < -0.4 is 5.32 Å². The molecule has 1 aromatic carbocycles. The second-order valence-electron chi connectivity index (χ2n) is 6.76. The Morgan fingerprint density at radius 1 is 0.862 bits per heavy atom. The fourth-order valence-corrected chi connectivity index (χ4v) is 3.22. The Bertz CT molecular complexity index is 1230. The highest BCUT2D eigenvalue weighted by Crippen LogP contribution is 2.24. The third-order valence-corrected chi connectivity index (χ3v) is 4.72. The molecule has 0 saturated heterocycles. The summed E-state index contributed by atoms with van der Waals surface area (Å²) in [5, 5.41) is 12.3. The molecule has 0 aliphatic rings. The van der Waals surface area contributed by atoms with Crippen molar-refractivity contribution in [1.29, 1.82) is 0 Å². The minimum Gasteiger partial charge on any atom is -0.366 e. The first-order valence-corrected chi connectivity index (χ1v) is 9.39. The summed E-state index contributed by atoms with van der Waals surface area (Å²) in [5.74, 6) is 0.799. The summed E-state index contributed by atoms with van der Waals surface area (Å²) >= 11 is 0. The van der Waals surface area contributed by atoms with Crippen LogP contribution in [0.3, 0.4) is 0 Å². The van der Waals surface area contributed by atoms with E-state index < -0.39 is 0 Å². The van der Waals surface area contributed by atoms with Crippen LogP contribution in [-0.4, -0.2) is 29.4 Å². The smallest absolute Gasteiger partial charge is 0.165 e. The maximum Gasteiger partial charge on any atom is 0.165 e. The molecule has 0 fully saturated rings. The monoisotopic (exact) mass is 381 g/mol. The zero-order chi connectivity index (χ0) is 19.5. The maximum absolute atomic E-state index is 4.76. The second-order valence-corrected chi connectivity index (χ2v) is 6.76. The lowest BCUT2D eigenvalue weighted by atomic mass is 10.2. The molecule has 4 heterocycles. The van der Waals surface area contributed by atoms with Crippen LogP contribution in [0.15, 0.2) is 85.7 Å². The van der Waals surface area contributed by atoms with Gasteiger partial charge in [-0.05, 0) is 29.3 Å². The van der Waals surface area contributed by atoms with Crippen molar-refractivity contribution in [3.8, 4) is 11.1 Å². The van der Waals surface area contributed by atoms with E-state index in [1.807, 2.05) is 65.9 Å². The molecular formula is C22H19N7. The molecular weight excluding hydrogens is 362 g/mol. The number of aromatic nitrogens is 6. The third-order valence-electron chi connectivity index (χ3n) is 4.72. The van der Waals surface area contributed by atoms with Gasteiger partial charge in [0.15, 0.2) is 5.65 Å². The summed E-state index contributed by atoms with van der Waals surface area (Å²) in [6.45, 7) is 1.41. The largest absolute Gasteiger partial charge is 0.366 e. The molecule has 7 heteroatoms. The molecule has 1 N–H and O–H groups in total. The molecule has 4 aromatic heterocycles. The Hall–Kier alpha value is -4.00. The Labute approximate surface area is 167 Å². The Kier molecular flexibility index (Phi) is 4.46. The fourth-order valence-electron chi connectivity index (χ4n) is 3.22. The maximum atomic E-state index is 4.76. The highest BCUT2D eigenvalue weighted by molar-refractivity contribution is 5.76. The van der Waals surface area contributed by atoms with E-state index in [1.54, 1.807) is 16.9 Å². The molecule has 0 amide bonds. The molecule has 0 bridgehead atoms.